The third-order valence-corrected chi connectivity index (χ3v) is 8.14. The highest BCUT2D eigenvalue weighted by molar-refractivity contribution is 6.31. The molecule has 1 saturated carbocycles. The highest BCUT2D eigenvalue weighted by atomic mass is 35.5. The fraction of sp³-hybridized carbons (Fsp3) is 0.517. The summed E-state index contributed by atoms with van der Waals surface area (Å²) < 4.78 is 0. The van der Waals surface area contributed by atoms with Gasteiger partial charge < -0.3 is 15.3 Å². The van der Waals surface area contributed by atoms with Gasteiger partial charge in [-0.3, -0.25) is 4.79 Å². The maximum absolute atomic E-state index is 13.9. The van der Waals surface area contributed by atoms with Crippen LogP contribution >= 0.6 is 11.6 Å². The number of nitrogens with zero attached hydrogens (tertiary/aromatic N) is 1. The maximum Gasteiger partial charge on any atom is 0.326 e. The normalized spacial score (nSPS) is 25.2. The second-order valence-electron chi connectivity index (χ2n) is 11.2. The van der Waals surface area contributed by atoms with E-state index in [-0.39, 0.29) is 29.3 Å². The molecule has 188 valence electrons. The highest BCUT2D eigenvalue weighted by Crippen LogP contribution is 2.49. The van der Waals surface area contributed by atoms with E-state index in [1.54, 1.807) is 4.90 Å². The number of hydrogen-bond donors (Lipinski definition) is 2. The molecule has 1 heterocycles. The second-order valence-corrected chi connectivity index (χ2v) is 11.6. The third kappa shape index (κ3) is 5.57. The molecule has 0 radical (unpaired) electrons. The summed E-state index contributed by atoms with van der Waals surface area (Å²) >= 11 is 6.44. The second kappa shape index (κ2) is 10.7. The smallest absolute Gasteiger partial charge is 0.326 e. The van der Waals surface area contributed by atoms with Crippen molar-refractivity contribution in [3.8, 4) is 0 Å². The Morgan fingerprint density at radius 3 is 2.26 bits per heavy atom. The lowest BCUT2D eigenvalue weighted by molar-refractivity contribution is -0.152. The largest absolute Gasteiger partial charge is 0.480 e. The van der Waals surface area contributed by atoms with E-state index >= 15 is 0 Å². The Kier molecular flexibility index (Phi) is 7.87. The summed E-state index contributed by atoms with van der Waals surface area (Å²) in [4.78, 5) is 28.4. The number of rotatable bonds is 7. The van der Waals surface area contributed by atoms with Gasteiger partial charge in [-0.1, -0.05) is 93.7 Å². The third-order valence-electron chi connectivity index (χ3n) is 7.77. The monoisotopic (exact) mass is 496 g/mol. The van der Waals surface area contributed by atoms with E-state index in [0.717, 1.165) is 36.8 Å². The molecule has 6 heteroatoms. The Balaban J connectivity index is 1.77. The van der Waals surface area contributed by atoms with Gasteiger partial charge in [0.25, 0.3) is 0 Å². The van der Waals surface area contributed by atoms with Gasteiger partial charge in [-0.15, -0.1) is 0 Å². The maximum atomic E-state index is 13.9. The number of amides is 1. The Labute approximate surface area is 213 Å². The Hall–Kier alpha value is -2.37. The lowest BCUT2D eigenvalue weighted by Gasteiger charge is -2.35. The minimum Gasteiger partial charge on any atom is -0.480 e. The highest BCUT2D eigenvalue weighted by Gasteiger charge is 2.57. The van der Waals surface area contributed by atoms with E-state index in [9.17, 15) is 14.7 Å². The molecular weight excluding hydrogens is 460 g/mol. The minimum absolute atomic E-state index is 0.0468. The van der Waals surface area contributed by atoms with Gasteiger partial charge in [0.15, 0.2) is 0 Å². The average molecular weight is 497 g/mol. The Morgan fingerprint density at radius 1 is 1.03 bits per heavy atom. The van der Waals surface area contributed by atoms with Crippen molar-refractivity contribution < 1.29 is 14.7 Å². The van der Waals surface area contributed by atoms with Crippen molar-refractivity contribution in [2.75, 3.05) is 0 Å². The Morgan fingerprint density at radius 2 is 1.66 bits per heavy atom. The van der Waals surface area contributed by atoms with Gasteiger partial charge in [0.2, 0.25) is 5.91 Å². The van der Waals surface area contributed by atoms with Crippen LogP contribution in [0.1, 0.15) is 70.0 Å². The van der Waals surface area contributed by atoms with Crippen molar-refractivity contribution in [2.24, 2.45) is 17.3 Å². The first-order valence-electron chi connectivity index (χ1n) is 12.7. The van der Waals surface area contributed by atoms with E-state index < -0.39 is 12.0 Å². The van der Waals surface area contributed by atoms with Crippen LogP contribution in [0.2, 0.25) is 5.02 Å². The topological polar surface area (TPSA) is 69.6 Å². The van der Waals surface area contributed by atoms with Crippen molar-refractivity contribution in [3.05, 3.63) is 70.7 Å². The van der Waals surface area contributed by atoms with Gasteiger partial charge in [0.1, 0.15) is 6.04 Å². The van der Waals surface area contributed by atoms with Crippen molar-refractivity contribution >= 4 is 23.5 Å². The SMILES string of the molecule is CC(C)(C)C1C(NCc2ccccc2Cl)C(c2ccccc2)N(C(=O)CC2CCCC2)C1C(=O)O. The van der Waals surface area contributed by atoms with E-state index in [0.29, 0.717) is 23.9 Å². The summed E-state index contributed by atoms with van der Waals surface area (Å²) in [7, 11) is 0. The molecule has 2 aromatic rings. The fourth-order valence-electron chi connectivity index (χ4n) is 6.20. The quantitative estimate of drug-likeness (QED) is 0.487. The lowest BCUT2D eigenvalue weighted by atomic mass is 9.72. The van der Waals surface area contributed by atoms with Gasteiger partial charge in [-0.2, -0.15) is 0 Å². The molecule has 1 amide bonds. The zero-order valence-corrected chi connectivity index (χ0v) is 21.7. The predicted molar refractivity (Wildman–Crippen MR) is 139 cm³/mol. The molecule has 2 N–H and O–H groups in total. The van der Waals surface area contributed by atoms with Crippen LogP contribution in [0.3, 0.4) is 0 Å². The zero-order chi connectivity index (χ0) is 25.2. The number of carboxylic acid groups (broad SMARTS) is 1. The molecule has 0 spiro atoms. The molecule has 2 aliphatic rings. The van der Waals surface area contributed by atoms with Crippen LogP contribution in [-0.4, -0.2) is 34.0 Å². The first kappa shape index (κ1) is 25.7. The molecule has 2 fully saturated rings. The van der Waals surface area contributed by atoms with E-state index in [4.69, 9.17) is 11.6 Å². The van der Waals surface area contributed by atoms with Gasteiger partial charge in [0, 0.05) is 29.9 Å². The van der Waals surface area contributed by atoms with Crippen LogP contribution in [0.5, 0.6) is 0 Å². The molecule has 5 nitrogen and oxygen atoms in total. The zero-order valence-electron chi connectivity index (χ0n) is 20.9. The first-order chi connectivity index (χ1) is 16.7. The number of carbonyl (C=O) groups excluding carboxylic acids is 1. The predicted octanol–water partition coefficient (Wildman–Crippen LogP) is 6.08. The molecule has 0 aromatic heterocycles. The molecule has 1 saturated heterocycles. The van der Waals surface area contributed by atoms with Crippen LogP contribution in [0.15, 0.2) is 54.6 Å². The number of carboxylic acids is 1. The molecule has 0 bridgehead atoms. The van der Waals surface area contributed by atoms with Crippen LogP contribution < -0.4 is 5.32 Å². The fourth-order valence-corrected chi connectivity index (χ4v) is 6.40. The Bertz CT molecular complexity index is 1030. The van der Waals surface area contributed by atoms with Gasteiger partial charge in [-0.25, -0.2) is 4.79 Å². The van der Waals surface area contributed by atoms with Crippen LogP contribution in [0.25, 0.3) is 0 Å². The molecule has 35 heavy (non-hydrogen) atoms. The molecular formula is C29H37ClN2O3. The van der Waals surface area contributed by atoms with Gasteiger partial charge >= 0.3 is 5.97 Å². The van der Waals surface area contributed by atoms with Gasteiger partial charge in [0.05, 0.1) is 6.04 Å². The molecule has 4 atom stereocenters. The van der Waals surface area contributed by atoms with Crippen molar-refractivity contribution in [3.63, 3.8) is 0 Å². The number of benzene rings is 2. The summed E-state index contributed by atoms with van der Waals surface area (Å²) in [6.45, 7) is 6.72. The van der Waals surface area contributed by atoms with Crippen LogP contribution in [0.4, 0.5) is 0 Å². The van der Waals surface area contributed by atoms with Crippen LogP contribution in [-0.2, 0) is 16.1 Å². The number of carbonyl (C=O) groups is 2. The first-order valence-corrected chi connectivity index (χ1v) is 13.1. The number of halogens is 1. The average Bonchev–Trinajstić information content (AvgIpc) is 3.44. The molecule has 4 rings (SSSR count). The van der Waals surface area contributed by atoms with Crippen molar-refractivity contribution in [1.29, 1.82) is 0 Å². The molecule has 1 aliphatic heterocycles. The molecule has 4 unspecified atom stereocenters. The van der Waals surface area contributed by atoms with Crippen molar-refractivity contribution in [2.45, 2.75) is 77.5 Å². The summed E-state index contributed by atoms with van der Waals surface area (Å²) in [6.07, 6.45) is 4.81. The van der Waals surface area contributed by atoms with Crippen LogP contribution in [0, 0.1) is 17.3 Å². The summed E-state index contributed by atoms with van der Waals surface area (Å²) in [5.74, 6) is -0.932. The summed E-state index contributed by atoms with van der Waals surface area (Å²) in [6, 6.07) is 16.0. The number of likely N-dealkylation sites (tertiary alicyclic amines) is 1. The summed E-state index contributed by atoms with van der Waals surface area (Å²) in [5, 5.41) is 14.8. The molecule has 1 aliphatic carbocycles. The lowest BCUT2D eigenvalue weighted by Crippen LogP contribution is -2.48. The number of nitrogens with one attached hydrogen (secondary N) is 1. The molecule has 2 aromatic carbocycles. The summed E-state index contributed by atoms with van der Waals surface area (Å²) in [5.41, 5.74) is 1.56. The van der Waals surface area contributed by atoms with Crippen molar-refractivity contribution in [1.82, 2.24) is 10.2 Å². The van der Waals surface area contributed by atoms with E-state index in [1.165, 1.54) is 0 Å². The standard InChI is InChI=1S/C29H37ClN2O3/c1-29(2,3)24-25(31-18-21-15-9-10-16-22(21)30)26(20-13-5-4-6-14-20)32(27(24)28(34)35)23(33)17-19-11-7-8-12-19/h4-6,9-10,13-16,19,24-27,31H,7-8,11-12,17-18H2,1-3H3,(H,34,35). The van der Waals surface area contributed by atoms with E-state index in [2.05, 4.69) is 26.1 Å². The number of hydrogen-bond acceptors (Lipinski definition) is 3. The number of aliphatic carboxylic acids is 1. The van der Waals surface area contributed by atoms with E-state index in [1.807, 2.05) is 54.6 Å². The van der Waals surface area contributed by atoms with Gasteiger partial charge in [-0.05, 0) is 41.4 Å². The minimum atomic E-state index is -0.937.